The lowest BCUT2D eigenvalue weighted by Crippen LogP contribution is -2.42. The third-order valence-corrected chi connectivity index (χ3v) is 3.01. The minimum Gasteiger partial charge on any atom is -0.273 e. The van der Waals surface area contributed by atoms with Crippen LogP contribution in [0.1, 0.15) is 32.3 Å². The van der Waals surface area contributed by atoms with Crippen LogP contribution in [0.5, 0.6) is 0 Å². The van der Waals surface area contributed by atoms with Crippen LogP contribution >= 0.6 is 15.9 Å². The molecule has 0 atom stereocenters. The summed E-state index contributed by atoms with van der Waals surface area (Å²) in [5.41, 5.74) is 5.15. The van der Waals surface area contributed by atoms with Crippen molar-refractivity contribution >= 4 is 27.5 Å². The van der Waals surface area contributed by atoms with E-state index in [-0.39, 0.29) is 5.91 Å². The van der Waals surface area contributed by atoms with Gasteiger partial charge in [-0.1, -0.05) is 29.3 Å². The first-order chi connectivity index (χ1) is 8.06. The van der Waals surface area contributed by atoms with Crippen molar-refractivity contribution in [3.8, 4) is 0 Å². The molecule has 0 heterocycles. The van der Waals surface area contributed by atoms with E-state index in [4.69, 9.17) is 0 Å². The third kappa shape index (κ3) is 4.13. The Morgan fingerprint density at radius 3 is 2.71 bits per heavy atom. The topological polar surface area (TPSA) is 32.3 Å². The smallest absolute Gasteiger partial charge is 0.238 e. The number of nitrogens with zero attached hydrogens (tertiary/aromatic N) is 1. The lowest BCUT2D eigenvalue weighted by molar-refractivity contribution is -0.117. The van der Waals surface area contributed by atoms with Crippen molar-refractivity contribution in [2.45, 2.75) is 33.6 Å². The molecule has 1 amide bonds. The predicted molar refractivity (Wildman–Crippen MR) is 74.9 cm³/mol. The number of hydrogen-bond acceptors (Lipinski definition) is 2. The summed E-state index contributed by atoms with van der Waals surface area (Å²) in [5, 5.41) is 1.62. The second-order valence-corrected chi connectivity index (χ2v) is 4.96. The van der Waals surface area contributed by atoms with Gasteiger partial charge in [0, 0.05) is 17.9 Å². The Bertz CT molecular complexity index is 393. The zero-order chi connectivity index (χ0) is 12.8. The number of benzene rings is 1. The highest BCUT2D eigenvalue weighted by molar-refractivity contribution is 9.10. The van der Waals surface area contributed by atoms with Crippen molar-refractivity contribution in [1.82, 2.24) is 5.43 Å². The molecule has 0 spiro atoms. The molecule has 94 valence electrons. The molecule has 0 aliphatic carbocycles. The van der Waals surface area contributed by atoms with Crippen molar-refractivity contribution in [2.75, 3.05) is 11.6 Å². The van der Waals surface area contributed by atoms with Gasteiger partial charge in [-0.25, -0.2) is 10.4 Å². The molecule has 1 aromatic rings. The lowest BCUT2D eigenvalue weighted by Gasteiger charge is -2.24. The maximum absolute atomic E-state index is 11.6. The number of hydrazine groups is 1. The fourth-order valence-electron chi connectivity index (χ4n) is 1.60. The highest BCUT2D eigenvalue weighted by Gasteiger charge is 2.12. The molecule has 0 aliphatic rings. The van der Waals surface area contributed by atoms with Gasteiger partial charge in [0.05, 0.1) is 5.69 Å². The molecule has 0 bridgehead atoms. The van der Waals surface area contributed by atoms with Gasteiger partial charge >= 0.3 is 0 Å². The molecule has 0 fully saturated rings. The Kier molecular flexibility index (Phi) is 5.65. The van der Waals surface area contributed by atoms with Gasteiger partial charge in [0.15, 0.2) is 0 Å². The molecule has 4 heteroatoms. The maximum Gasteiger partial charge on any atom is 0.238 e. The molecular formula is C13H19BrN2O. The van der Waals surface area contributed by atoms with Crippen LogP contribution in [0.25, 0.3) is 0 Å². The van der Waals surface area contributed by atoms with E-state index in [0.29, 0.717) is 0 Å². The molecule has 17 heavy (non-hydrogen) atoms. The summed E-state index contributed by atoms with van der Waals surface area (Å²) in [6.07, 6.45) is 2.16. The first-order valence-electron chi connectivity index (χ1n) is 5.86. The Morgan fingerprint density at radius 1 is 1.47 bits per heavy atom. The van der Waals surface area contributed by atoms with E-state index >= 15 is 0 Å². The number of unbranched alkanes of at least 4 members (excludes halogenated alkanes) is 1. The SMILES string of the molecule is CCCCNN(C(C)=O)c1ccc(Br)cc1C. The Balaban J connectivity index is 2.86. The van der Waals surface area contributed by atoms with E-state index in [9.17, 15) is 4.79 Å². The van der Waals surface area contributed by atoms with Crippen LogP contribution in [-0.4, -0.2) is 12.5 Å². The summed E-state index contributed by atoms with van der Waals surface area (Å²) >= 11 is 3.42. The van der Waals surface area contributed by atoms with Gasteiger partial charge in [-0.2, -0.15) is 0 Å². The van der Waals surface area contributed by atoms with Gasteiger partial charge in [-0.15, -0.1) is 0 Å². The van der Waals surface area contributed by atoms with Crippen molar-refractivity contribution in [2.24, 2.45) is 0 Å². The summed E-state index contributed by atoms with van der Waals surface area (Å²) < 4.78 is 1.02. The number of hydrogen-bond donors (Lipinski definition) is 1. The van der Waals surface area contributed by atoms with E-state index in [0.717, 1.165) is 35.1 Å². The van der Waals surface area contributed by atoms with Gasteiger partial charge in [0.25, 0.3) is 0 Å². The maximum atomic E-state index is 11.6. The fourth-order valence-corrected chi connectivity index (χ4v) is 2.08. The molecule has 0 saturated carbocycles. The van der Waals surface area contributed by atoms with Crippen molar-refractivity contribution < 1.29 is 4.79 Å². The van der Waals surface area contributed by atoms with Crippen molar-refractivity contribution in [3.63, 3.8) is 0 Å². The first kappa shape index (κ1) is 14.2. The van der Waals surface area contributed by atoms with Gasteiger partial charge < -0.3 is 0 Å². The first-order valence-corrected chi connectivity index (χ1v) is 6.66. The monoisotopic (exact) mass is 298 g/mol. The van der Waals surface area contributed by atoms with E-state index in [1.807, 2.05) is 25.1 Å². The van der Waals surface area contributed by atoms with E-state index in [2.05, 4.69) is 28.3 Å². The average molecular weight is 299 g/mol. The van der Waals surface area contributed by atoms with Gasteiger partial charge in [-0.3, -0.25) is 4.79 Å². The molecular weight excluding hydrogens is 280 g/mol. The predicted octanol–water partition coefficient (Wildman–Crippen LogP) is 3.42. The molecule has 0 aliphatic heterocycles. The van der Waals surface area contributed by atoms with E-state index < -0.39 is 0 Å². The lowest BCUT2D eigenvalue weighted by atomic mass is 10.2. The van der Waals surface area contributed by atoms with Gasteiger partial charge in [0.2, 0.25) is 5.91 Å². The van der Waals surface area contributed by atoms with Crippen LogP contribution in [0, 0.1) is 6.92 Å². The number of carbonyl (C=O) groups is 1. The highest BCUT2D eigenvalue weighted by Crippen LogP contribution is 2.22. The summed E-state index contributed by atoms with van der Waals surface area (Å²) in [6.45, 7) is 6.51. The average Bonchev–Trinajstić information content (AvgIpc) is 2.25. The second-order valence-electron chi connectivity index (χ2n) is 4.05. The fraction of sp³-hybridized carbons (Fsp3) is 0.462. The van der Waals surface area contributed by atoms with Crippen LogP contribution in [-0.2, 0) is 4.79 Å². The molecule has 1 aromatic carbocycles. The van der Waals surface area contributed by atoms with Crippen LogP contribution in [0.4, 0.5) is 5.69 Å². The second kappa shape index (κ2) is 6.77. The number of nitrogens with one attached hydrogen (secondary N) is 1. The number of halogens is 1. The molecule has 0 radical (unpaired) electrons. The zero-order valence-corrected chi connectivity index (χ0v) is 12.2. The van der Waals surface area contributed by atoms with Crippen LogP contribution in [0.15, 0.2) is 22.7 Å². The number of aryl methyl sites for hydroxylation is 1. The number of amides is 1. The third-order valence-electron chi connectivity index (χ3n) is 2.51. The summed E-state index contributed by atoms with van der Waals surface area (Å²) in [4.78, 5) is 11.6. The summed E-state index contributed by atoms with van der Waals surface area (Å²) in [5.74, 6) is 0.00604. The van der Waals surface area contributed by atoms with Crippen LogP contribution in [0.2, 0.25) is 0 Å². The van der Waals surface area contributed by atoms with E-state index in [1.165, 1.54) is 0 Å². The van der Waals surface area contributed by atoms with Crippen molar-refractivity contribution in [1.29, 1.82) is 0 Å². The van der Waals surface area contributed by atoms with Gasteiger partial charge in [0.1, 0.15) is 0 Å². The largest absolute Gasteiger partial charge is 0.273 e. The Morgan fingerprint density at radius 2 is 2.18 bits per heavy atom. The Hall–Kier alpha value is -0.870. The Labute approximate surface area is 111 Å². The number of rotatable bonds is 5. The highest BCUT2D eigenvalue weighted by atomic mass is 79.9. The van der Waals surface area contributed by atoms with Crippen LogP contribution in [0.3, 0.4) is 0 Å². The molecule has 1 N–H and O–H groups in total. The quantitative estimate of drug-likeness (QED) is 0.667. The van der Waals surface area contributed by atoms with Crippen molar-refractivity contribution in [3.05, 3.63) is 28.2 Å². The molecule has 0 aromatic heterocycles. The zero-order valence-electron chi connectivity index (χ0n) is 10.6. The molecule has 0 saturated heterocycles. The summed E-state index contributed by atoms with van der Waals surface area (Å²) in [6, 6.07) is 5.90. The van der Waals surface area contributed by atoms with Gasteiger partial charge in [-0.05, 0) is 37.1 Å². The molecule has 0 unspecified atom stereocenters. The van der Waals surface area contributed by atoms with Crippen LogP contribution < -0.4 is 10.4 Å². The molecule has 1 rings (SSSR count). The number of anilines is 1. The number of carbonyl (C=O) groups excluding carboxylic acids is 1. The minimum atomic E-state index is 0.00604. The minimum absolute atomic E-state index is 0.00604. The summed E-state index contributed by atoms with van der Waals surface area (Å²) in [7, 11) is 0. The van der Waals surface area contributed by atoms with E-state index in [1.54, 1.807) is 11.9 Å². The standard InChI is InChI=1S/C13H19BrN2O/c1-4-5-8-15-16(11(3)17)13-7-6-12(14)9-10(13)2/h6-7,9,15H,4-5,8H2,1-3H3. The molecule has 3 nitrogen and oxygen atoms in total. The normalized spacial score (nSPS) is 10.4.